The third kappa shape index (κ3) is 3.91. The molecule has 2 aromatic rings. The molecule has 1 fully saturated rings. The summed E-state index contributed by atoms with van der Waals surface area (Å²) in [6, 6.07) is 14.3. The molecule has 1 aliphatic heterocycles. The summed E-state index contributed by atoms with van der Waals surface area (Å²) >= 11 is 6.00. The quantitative estimate of drug-likeness (QED) is 0.716. The van der Waals surface area contributed by atoms with Crippen molar-refractivity contribution in [3.8, 4) is 0 Å². The predicted molar refractivity (Wildman–Crippen MR) is 117 cm³/mol. The molecule has 1 heterocycles. The van der Waals surface area contributed by atoms with Gasteiger partial charge in [-0.2, -0.15) is 4.99 Å². The second-order valence-corrected chi connectivity index (χ2v) is 7.77. The van der Waals surface area contributed by atoms with Gasteiger partial charge in [-0.25, -0.2) is 4.99 Å². The zero-order chi connectivity index (χ0) is 20.4. The van der Waals surface area contributed by atoms with Crippen molar-refractivity contribution in [2.24, 2.45) is 21.5 Å². The monoisotopic (exact) mass is 410 g/mol. The lowest BCUT2D eigenvalue weighted by molar-refractivity contribution is 0.102. The maximum Gasteiger partial charge on any atom is 0.255 e. The van der Waals surface area contributed by atoms with Crippen molar-refractivity contribution >= 4 is 40.8 Å². The van der Waals surface area contributed by atoms with Gasteiger partial charge in [0.1, 0.15) is 5.66 Å². The molecule has 0 aromatic heterocycles. The third-order valence-electron chi connectivity index (χ3n) is 5.30. The number of nitrogens with one attached hydrogen (secondary N) is 1. The van der Waals surface area contributed by atoms with E-state index in [0.717, 1.165) is 37.8 Å². The summed E-state index contributed by atoms with van der Waals surface area (Å²) in [4.78, 5) is 23.5. The molecule has 0 radical (unpaired) electrons. The number of hydrogen-bond donors (Lipinski definition) is 3. The van der Waals surface area contributed by atoms with Crippen LogP contribution < -0.4 is 21.7 Å². The van der Waals surface area contributed by atoms with E-state index in [1.165, 1.54) is 0 Å². The summed E-state index contributed by atoms with van der Waals surface area (Å²) in [6.45, 7) is 0. The van der Waals surface area contributed by atoms with Gasteiger partial charge in [0, 0.05) is 22.0 Å². The number of nitrogens with two attached hydrogens (primary N) is 2. The van der Waals surface area contributed by atoms with Crippen LogP contribution in [0.15, 0.2) is 58.5 Å². The first-order valence-electron chi connectivity index (χ1n) is 9.64. The Morgan fingerprint density at radius 3 is 2.59 bits per heavy atom. The lowest BCUT2D eigenvalue weighted by atomic mass is 9.87. The van der Waals surface area contributed by atoms with Crippen molar-refractivity contribution in [1.82, 2.24) is 0 Å². The summed E-state index contributed by atoms with van der Waals surface area (Å²) < 4.78 is 0. The molecule has 1 saturated carbocycles. The predicted octanol–water partition coefficient (Wildman–Crippen LogP) is 3.70. The Kier molecular flexibility index (Phi) is 5.15. The van der Waals surface area contributed by atoms with Gasteiger partial charge in [0.05, 0.1) is 0 Å². The summed E-state index contributed by atoms with van der Waals surface area (Å²) in [5.41, 5.74) is 13.6. The van der Waals surface area contributed by atoms with Crippen molar-refractivity contribution in [2.75, 3.05) is 10.2 Å². The summed E-state index contributed by atoms with van der Waals surface area (Å²) in [7, 11) is 0. The molecule has 0 atom stereocenters. The highest BCUT2D eigenvalue weighted by molar-refractivity contribution is 6.31. The summed E-state index contributed by atoms with van der Waals surface area (Å²) in [5, 5.41) is 3.43. The molecule has 29 heavy (non-hydrogen) atoms. The first-order chi connectivity index (χ1) is 14.0. The standard InChI is InChI=1S/C21H23ClN6O/c22-15-7-5-8-16(13-15)25-18(29)14-6-4-9-17(12-14)28-20(24)26-19(23)27-21(28)10-2-1-3-11-21/h4-9,12-13H,1-3,10-11H2,(H,25,29)(H4,23,24,26,27). The van der Waals surface area contributed by atoms with Crippen molar-refractivity contribution in [3.63, 3.8) is 0 Å². The smallest absolute Gasteiger partial charge is 0.255 e. The van der Waals surface area contributed by atoms with Crippen LogP contribution in [0.1, 0.15) is 42.5 Å². The normalized spacial score (nSPS) is 18.2. The SMILES string of the molecule is NC1=NC2(CCCCC2)N(c2cccc(C(=O)Nc3cccc(Cl)c3)c2)C(N)=N1. The van der Waals surface area contributed by atoms with E-state index >= 15 is 0 Å². The fourth-order valence-electron chi connectivity index (χ4n) is 4.05. The average Bonchev–Trinajstić information content (AvgIpc) is 2.68. The Labute approximate surface area is 174 Å². The number of carbonyl (C=O) groups excluding carboxylic acids is 1. The van der Waals surface area contributed by atoms with Gasteiger partial charge in [0.15, 0.2) is 0 Å². The lowest BCUT2D eigenvalue weighted by Gasteiger charge is -2.45. The third-order valence-corrected chi connectivity index (χ3v) is 5.54. The minimum absolute atomic E-state index is 0.204. The van der Waals surface area contributed by atoms with E-state index in [9.17, 15) is 4.79 Å². The molecule has 8 heteroatoms. The number of rotatable bonds is 3. The van der Waals surface area contributed by atoms with Crippen LogP contribution in [0.2, 0.25) is 5.02 Å². The molecule has 7 nitrogen and oxygen atoms in total. The van der Waals surface area contributed by atoms with Crippen molar-refractivity contribution < 1.29 is 4.79 Å². The van der Waals surface area contributed by atoms with Gasteiger partial charge in [0.25, 0.3) is 5.91 Å². The Morgan fingerprint density at radius 1 is 1.07 bits per heavy atom. The van der Waals surface area contributed by atoms with Crippen LogP contribution in [0.3, 0.4) is 0 Å². The molecule has 2 aromatic carbocycles. The second kappa shape index (κ2) is 7.75. The molecular formula is C21H23ClN6O. The molecule has 150 valence electrons. The number of amides is 1. The molecular weight excluding hydrogens is 388 g/mol. The number of guanidine groups is 2. The first-order valence-corrected chi connectivity index (χ1v) is 10.0. The number of hydrogen-bond acceptors (Lipinski definition) is 6. The fraction of sp³-hybridized carbons (Fsp3) is 0.286. The van der Waals surface area contributed by atoms with Gasteiger partial charge in [-0.05, 0) is 62.1 Å². The summed E-state index contributed by atoms with van der Waals surface area (Å²) in [5.74, 6) is 0.268. The molecule has 1 amide bonds. The van der Waals surface area contributed by atoms with Crippen LogP contribution in [0.25, 0.3) is 0 Å². The second-order valence-electron chi connectivity index (χ2n) is 7.33. The number of carbonyl (C=O) groups is 1. The molecule has 0 saturated heterocycles. The van der Waals surface area contributed by atoms with E-state index < -0.39 is 5.66 Å². The van der Waals surface area contributed by atoms with Crippen LogP contribution in [0, 0.1) is 0 Å². The molecule has 4 rings (SSSR count). The van der Waals surface area contributed by atoms with Crippen molar-refractivity contribution in [2.45, 2.75) is 37.8 Å². The van der Waals surface area contributed by atoms with Gasteiger partial charge in [0.2, 0.25) is 11.9 Å². The highest BCUT2D eigenvalue weighted by Gasteiger charge is 2.42. The Bertz CT molecular complexity index is 996. The van der Waals surface area contributed by atoms with Crippen LogP contribution in [0.4, 0.5) is 11.4 Å². The van der Waals surface area contributed by atoms with E-state index in [0.29, 0.717) is 22.2 Å². The Balaban J connectivity index is 1.65. The largest absolute Gasteiger partial charge is 0.369 e. The van der Waals surface area contributed by atoms with E-state index in [4.69, 9.17) is 23.1 Å². The first kappa shape index (κ1) is 19.3. The van der Waals surface area contributed by atoms with E-state index in [2.05, 4.69) is 15.3 Å². The number of aliphatic imine (C=N–C) groups is 2. The summed E-state index contributed by atoms with van der Waals surface area (Å²) in [6.07, 6.45) is 4.90. The van der Waals surface area contributed by atoms with Gasteiger partial charge >= 0.3 is 0 Å². The molecule has 0 unspecified atom stereocenters. The molecule has 1 spiro atoms. The van der Waals surface area contributed by atoms with Gasteiger partial charge in [-0.1, -0.05) is 30.2 Å². The fourth-order valence-corrected chi connectivity index (χ4v) is 4.24. The topological polar surface area (TPSA) is 109 Å². The van der Waals surface area contributed by atoms with Gasteiger partial charge in [-0.15, -0.1) is 0 Å². The van der Waals surface area contributed by atoms with Crippen LogP contribution in [-0.2, 0) is 0 Å². The van der Waals surface area contributed by atoms with Crippen LogP contribution >= 0.6 is 11.6 Å². The highest BCUT2D eigenvalue weighted by Crippen LogP contribution is 2.39. The average molecular weight is 411 g/mol. The van der Waals surface area contributed by atoms with E-state index in [-0.39, 0.29) is 11.9 Å². The van der Waals surface area contributed by atoms with Gasteiger partial charge < -0.3 is 16.8 Å². The van der Waals surface area contributed by atoms with Crippen molar-refractivity contribution in [1.29, 1.82) is 0 Å². The van der Waals surface area contributed by atoms with Crippen LogP contribution in [-0.4, -0.2) is 23.5 Å². The molecule has 2 aliphatic rings. The highest BCUT2D eigenvalue weighted by atomic mass is 35.5. The minimum Gasteiger partial charge on any atom is -0.369 e. The number of anilines is 2. The molecule has 5 N–H and O–H groups in total. The Hall–Kier alpha value is -3.06. The molecule has 0 bridgehead atoms. The maximum absolute atomic E-state index is 12.8. The number of nitrogens with zero attached hydrogens (tertiary/aromatic N) is 3. The van der Waals surface area contributed by atoms with Gasteiger partial charge in [-0.3, -0.25) is 9.69 Å². The maximum atomic E-state index is 12.8. The zero-order valence-electron chi connectivity index (χ0n) is 15.9. The van der Waals surface area contributed by atoms with E-state index in [1.807, 2.05) is 17.0 Å². The minimum atomic E-state index is -0.545. The molecule has 1 aliphatic carbocycles. The lowest BCUT2D eigenvalue weighted by Crippen LogP contribution is -2.58. The van der Waals surface area contributed by atoms with Crippen molar-refractivity contribution in [3.05, 3.63) is 59.1 Å². The zero-order valence-corrected chi connectivity index (χ0v) is 16.7. The Morgan fingerprint density at radius 2 is 1.83 bits per heavy atom. The number of benzene rings is 2. The van der Waals surface area contributed by atoms with E-state index in [1.54, 1.807) is 36.4 Å². The van der Waals surface area contributed by atoms with Crippen LogP contribution in [0.5, 0.6) is 0 Å². The number of halogens is 1.